The molecule has 2 unspecified atom stereocenters. The lowest BCUT2D eigenvalue weighted by molar-refractivity contribution is 0.574. The summed E-state index contributed by atoms with van der Waals surface area (Å²) in [5.41, 5.74) is 1.49. The SMILES string of the molecule is CC(NCC1Cc2ccccc2S1)c1ccc(Cl)s1. The largest absolute Gasteiger partial charge is 0.308 e. The van der Waals surface area contributed by atoms with E-state index in [1.807, 2.05) is 17.8 Å². The van der Waals surface area contributed by atoms with Gasteiger partial charge in [0.15, 0.2) is 0 Å². The first kappa shape index (κ1) is 13.5. The first-order chi connectivity index (χ1) is 9.22. The van der Waals surface area contributed by atoms with Crippen LogP contribution in [-0.4, -0.2) is 11.8 Å². The molecule has 0 fully saturated rings. The highest BCUT2D eigenvalue weighted by Gasteiger charge is 2.22. The van der Waals surface area contributed by atoms with Crippen LogP contribution in [0.4, 0.5) is 0 Å². The zero-order valence-electron chi connectivity index (χ0n) is 10.7. The number of hydrogen-bond acceptors (Lipinski definition) is 3. The molecule has 1 N–H and O–H groups in total. The number of thiophene rings is 1. The van der Waals surface area contributed by atoms with Crippen molar-refractivity contribution in [2.45, 2.75) is 29.5 Å². The molecular weight excluding hydrogens is 294 g/mol. The number of fused-ring (bicyclic) bond motifs is 1. The van der Waals surface area contributed by atoms with E-state index in [1.54, 1.807) is 11.3 Å². The van der Waals surface area contributed by atoms with Gasteiger partial charge in [-0.1, -0.05) is 29.8 Å². The topological polar surface area (TPSA) is 12.0 Å². The third-order valence-corrected chi connectivity index (χ3v) is 6.12. The summed E-state index contributed by atoms with van der Waals surface area (Å²) in [5, 5.41) is 4.27. The van der Waals surface area contributed by atoms with Crippen LogP contribution in [0.5, 0.6) is 0 Å². The summed E-state index contributed by atoms with van der Waals surface area (Å²) in [7, 11) is 0. The highest BCUT2D eigenvalue weighted by atomic mass is 35.5. The third kappa shape index (κ3) is 3.16. The van der Waals surface area contributed by atoms with Crippen molar-refractivity contribution in [3.8, 4) is 0 Å². The maximum Gasteiger partial charge on any atom is 0.0931 e. The summed E-state index contributed by atoms with van der Waals surface area (Å²) in [5.74, 6) is 0. The van der Waals surface area contributed by atoms with Gasteiger partial charge in [-0.05, 0) is 37.1 Å². The average Bonchev–Trinajstić information content (AvgIpc) is 3.01. The van der Waals surface area contributed by atoms with E-state index in [0.717, 1.165) is 10.9 Å². The molecule has 19 heavy (non-hydrogen) atoms. The molecule has 0 spiro atoms. The highest BCUT2D eigenvalue weighted by molar-refractivity contribution is 8.00. The monoisotopic (exact) mass is 309 g/mol. The summed E-state index contributed by atoms with van der Waals surface area (Å²) < 4.78 is 0.867. The third-order valence-electron chi connectivity index (χ3n) is 3.39. The van der Waals surface area contributed by atoms with Gasteiger partial charge >= 0.3 is 0 Å². The minimum Gasteiger partial charge on any atom is -0.308 e. The molecule has 2 atom stereocenters. The van der Waals surface area contributed by atoms with Crippen molar-refractivity contribution in [3.05, 3.63) is 51.2 Å². The van der Waals surface area contributed by atoms with Gasteiger partial charge in [0.1, 0.15) is 0 Å². The minimum atomic E-state index is 0.377. The highest BCUT2D eigenvalue weighted by Crippen LogP contribution is 2.36. The summed E-state index contributed by atoms with van der Waals surface area (Å²) in [4.78, 5) is 2.76. The van der Waals surface area contributed by atoms with Gasteiger partial charge in [0, 0.05) is 27.6 Å². The molecule has 1 aromatic carbocycles. The Bertz CT molecular complexity index is 542. The van der Waals surface area contributed by atoms with Gasteiger partial charge < -0.3 is 5.32 Å². The second kappa shape index (κ2) is 5.88. The van der Waals surface area contributed by atoms with E-state index in [9.17, 15) is 0 Å². The minimum absolute atomic E-state index is 0.377. The number of benzene rings is 1. The molecule has 0 radical (unpaired) electrons. The average molecular weight is 310 g/mol. The molecule has 0 aliphatic carbocycles. The number of rotatable bonds is 4. The summed E-state index contributed by atoms with van der Waals surface area (Å²) in [6.07, 6.45) is 1.17. The van der Waals surface area contributed by atoms with Crippen molar-refractivity contribution in [3.63, 3.8) is 0 Å². The Kier molecular flexibility index (Phi) is 4.18. The van der Waals surface area contributed by atoms with E-state index in [1.165, 1.54) is 21.8 Å². The van der Waals surface area contributed by atoms with Crippen molar-refractivity contribution < 1.29 is 0 Å². The van der Waals surface area contributed by atoms with Gasteiger partial charge in [0.2, 0.25) is 0 Å². The van der Waals surface area contributed by atoms with Gasteiger partial charge in [0.05, 0.1) is 4.34 Å². The molecule has 2 heterocycles. The first-order valence-corrected chi connectivity index (χ1v) is 8.53. The van der Waals surface area contributed by atoms with E-state index in [2.05, 4.69) is 42.6 Å². The fourth-order valence-corrected chi connectivity index (χ4v) is 4.69. The fraction of sp³-hybridized carbons (Fsp3) is 0.333. The van der Waals surface area contributed by atoms with Crippen LogP contribution in [0.2, 0.25) is 4.34 Å². The molecule has 100 valence electrons. The predicted octanol–water partition coefficient (Wildman–Crippen LogP) is 4.77. The van der Waals surface area contributed by atoms with Crippen LogP contribution in [0.25, 0.3) is 0 Å². The number of hydrogen-bond donors (Lipinski definition) is 1. The Labute approximate surface area is 127 Å². The number of thioether (sulfide) groups is 1. The quantitative estimate of drug-likeness (QED) is 0.873. The van der Waals surface area contributed by atoms with Crippen LogP contribution >= 0.6 is 34.7 Å². The zero-order chi connectivity index (χ0) is 13.2. The predicted molar refractivity (Wildman–Crippen MR) is 85.5 cm³/mol. The molecule has 2 aromatic rings. The Morgan fingerprint density at radius 3 is 2.89 bits per heavy atom. The van der Waals surface area contributed by atoms with Crippen molar-refractivity contribution >= 4 is 34.7 Å². The van der Waals surface area contributed by atoms with E-state index < -0.39 is 0 Å². The molecule has 3 rings (SSSR count). The molecule has 0 saturated heterocycles. The number of halogens is 1. The van der Waals surface area contributed by atoms with Crippen LogP contribution in [0.15, 0.2) is 41.3 Å². The van der Waals surface area contributed by atoms with Crippen LogP contribution in [0.3, 0.4) is 0 Å². The standard InChI is InChI=1S/C15H16ClNS2/c1-10(13-6-7-15(16)19-13)17-9-12-8-11-4-2-3-5-14(11)18-12/h2-7,10,12,17H,8-9H2,1H3. The Morgan fingerprint density at radius 1 is 1.32 bits per heavy atom. The lowest BCUT2D eigenvalue weighted by atomic mass is 10.1. The van der Waals surface area contributed by atoms with Gasteiger partial charge in [-0.25, -0.2) is 0 Å². The maximum atomic E-state index is 5.98. The van der Waals surface area contributed by atoms with Crippen molar-refractivity contribution in [2.75, 3.05) is 6.54 Å². The molecule has 1 aliphatic rings. The van der Waals surface area contributed by atoms with Crippen LogP contribution in [0, 0.1) is 0 Å². The summed E-state index contributed by atoms with van der Waals surface area (Å²) in [6.45, 7) is 3.24. The molecule has 0 amide bonds. The summed E-state index contributed by atoms with van der Waals surface area (Å²) >= 11 is 9.63. The Balaban J connectivity index is 1.54. The lowest BCUT2D eigenvalue weighted by Crippen LogP contribution is -2.26. The molecule has 1 aliphatic heterocycles. The second-order valence-electron chi connectivity index (χ2n) is 4.82. The second-order valence-corrected chi connectivity index (χ2v) is 7.91. The van der Waals surface area contributed by atoms with E-state index in [4.69, 9.17) is 11.6 Å². The Hall–Kier alpha value is -0.480. The van der Waals surface area contributed by atoms with Crippen LogP contribution in [0.1, 0.15) is 23.4 Å². The van der Waals surface area contributed by atoms with E-state index in [-0.39, 0.29) is 0 Å². The zero-order valence-corrected chi connectivity index (χ0v) is 13.1. The summed E-state index contributed by atoms with van der Waals surface area (Å²) in [6, 6.07) is 13.2. The molecule has 0 bridgehead atoms. The normalized spacial score (nSPS) is 19.4. The van der Waals surface area contributed by atoms with Crippen molar-refractivity contribution in [1.82, 2.24) is 5.32 Å². The van der Waals surface area contributed by atoms with Gasteiger partial charge in [-0.2, -0.15) is 0 Å². The molecular formula is C15H16ClNS2. The Morgan fingerprint density at radius 2 is 2.16 bits per heavy atom. The van der Waals surface area contributed by atoms with E-state index >= 15 is 0 Å². The van der Waals surface area contributed by atoms with Gasteiger partial charge in [-0.3, -0.25) is 0 Å². The van der Waals surface area contributed by atoms with Crippen molar-refractivity contribution in [2.24, 2.45) is 0 Å². The molecule has 1 nitrogen and oxygen atoms in total. The smallest absolute Gasteiger partial charge is 0.0931 e. The van der Waals surface area contributed by atoms with Crippen molar-refractivity contribution in [1.29, 1.82) is 0 Å². The lowest BCUT2D eigenvalue weighted by Gasteiger charge is -2.15. The number of nitrogens with one attached hydrogen (secondary N) is 1. The molecule has 0 saturated carbocycles. The van der Waals surface area contributed by atoms with Gasteiger partial charge in [0.25, 0.3) is 0 Å². The maximum absolute atomic E-state index is 5.98. The first-order valence-electron chi connectivity index (χ1n) is 6.45. The molecule has 4 heteroatoms. The van der Waals surface area contributed by atoms with Crippen LogP contribution < -0.4 is 5.32 Å². The molecule has 1 aromatic heterocycles. The fourth-order valence-electron chi connectivity index (χ4n) is 2.34. The van der Waals surface area contributed by atoms with Gasteiger partial charge in [-0.15, -0.1) is 23.1 Å². The van der Waals surface area contributed by atoms with E-state index in [0.29, 0.717) is 11.3 Å². The van der Waals surface area contributed by atoms with Crippen LogP contribution in [-0.2, 0) is 6.42 Å².